The van der Waals surface area contributed by atoms with E-state index in [0.29, 0.717) is 22.2 Å². The normalized spacial score (nSPS) is 10.9. The molecule has 32 heavy (non-hydrogen) atoms. The number of ether oxygens (including phenoxy) is 1. The van der Waals surface area contributed by atoms with Crippen LogP contribution in [-0.4, -0.2) is 36.5 Å². The molecule has 0 bridgehead atoms. The molecule has 0 saturated carbocycles. The van der Waals surface area contributed by atoms with E-state index in [1.165, 1.54) is 6.07 Å². The summed E-state index contributed by atoms with van der Waals surface area (Å²) in [6, 6.07) is 18.4. The van der Waals surface area contributed by atoms with Crippen molar-refractivity contribution in [3.8, 4) is 34.2 Å². The van der Waals surface area contributed by atoms with Gasteiger partial charge in [0.25, 0.3) is 0 Å². The van der Waals surface area contributed by atoms with Gasteiger partial charge in [-0.1, -0.05) is 29.8 Å². The Morgan fingerprint density at radius 2 is 1.78 bits per heavy atom. The van der Waals surface area contributed by atoms with Gasteiger partial charge in [0.1, 0.15) is 11.4 Å². The summed E-state index contributed by atoms with van der Waals surface area (Å²) >= 11 is 5.98. The van der Waals surface area contributed by atoms with E-state index in [1.54, 1.807) is 52.0 Å². The van der Waals surface area contributed by atoms with Gasteiger partial charge < -0.3 is 4.74 Å². The van der Waals surface area contributed by atoms with E-state index in [0.717, 1.165) is 11.4 Å². The van der Waals surface area contributed by atoms with Crippen molar-refractivity contribution in [2.75, 3.05) is 7.11 Å². The largest absolute Gasteiger partial charge is 0.494 e. The van der Waals surface area contributed by atoms with Gasteiger partial charge in [-0.15, -0.1) is 0 Å². The Hall–Kier alpha value is -4.17. The third kappa shape index (κ3) is 3.57. The lowest BCUT2D eigenvalue weighted by atomic mass is 10.2. The van der Waals surface area contributed by atoms with Gasteiger partial charge in [0.05, 0.1) is 41.6 Å². The van der Waals surface area contributed by atoms with E-state index in [4.69, 9.17) is 16.3 Å². The Labute approximate surface area is 187 Å². The van der Waals surface area contributed by atoms with Gasteiger partial charge in [-0.3, -0.25) is 4.79 Å². The minimum atomic E-state index is -0.208. The zero-order valence-electron chi connectivity index (χ0n) is 17.0. The summed E-state index contributed by atoms with van der Waals surface area (Å²) < 4.78 is 10.5. The Morgan fingerprint density at radius 3 is 2.53 bits per heavy atom. The van der Waals surface area contributed by atoms with Gasteiger partial charge in [0.15, 0.2) is 5.69 Å². The molecule has 0 radical (unpaired) electrons. The van der Waals surface area contributed by atoms with Gasteiger partial charge in [-0.25, -0.2) is 14.0 Å². The maximum atomic E-state index is 12.7. The van der Waals surface area contributed by atoms with Crippen LogP contribution in [0, 0.1) is 0 Å². The number of hydrogen-bond donors (Lipinski definition) is 0. The molecule has 0 aliphatic carbocycles. The fourth-order valence-electron chi connectivity index (χ4n) is 3.42. The van der Waals surface area contributed by atoms with Gasteiger partial charge in [0, 0.05) is 24.5 Å². The monoisotopic (exact) mass is 444 g/mol. The Bertz CT molecular complexity index is 1450. The van der Waals surface area contributed by atoms with E-state index >= 15 is 0 Å². The molecule has 0 aliphatic heterocycles. The summed E-state index contributed by atoms with van der Waals surface area (Å²) in [5.74, 6) is 0.563. The highest BCUT2D eigenvalue weighted by molar-refractivity contribution is 6.30. The summed E-state index contributed by atoms with van der Waals surface area (Å²) in [5.41, 5.74) is 2.95. The quantitative estimate of drug-likeness (QED) is 0.410. The van der Waals surface area contributed by atoms with Crippen LogP contribution >= 0.6 is 11.6 Å². The molecular formula is C23H17ClN6O2. The molecule has 0 atom stereocenters. The molecule has 0 fully saturated rings. The molecule has 0 aliphatic rings. The highest BCUT2D eigenvalue weighted by Crippen LogP contribution is 2.26. The molecule has 9 heteroatoms. The van der Waals surface area contributed by atoms with E-state index in [1.807, 2.05) is 48.5 Å². The molecule has 5 aromatic rings. The van der Waals surface area contributed by atoms with Crippen molar-refractivity contribution in [1.82, 2.24) is 29.3 Å². The van der Waals surface area contributed by atoms with Crippen LogP contribution in [0.25, 0.3) is 28.5 Å². The molecule has 0 unspecified atom stereocenters. The molecule has 3 heterocycles. The standard InChI is InChI=1S/C23H17ClN6O2/c1-32-22-13-18(29-15-16(24)14-26-29)7-8-19(22)28-12-10-21(31)23(27-28)20-9-11-25-30(20)17-5-3-2-4-6-17/h2-15H,1H3. The third-order valence-electron chi connectivity index (χ3n) is 4.92. The summed E-state index contributed by atoms with van der Waals surface area (Å²) in [6.07, 6.45) is 6.52. The summed E-state index contributed by atoms with van der Waals surface area (Å²) in [5, 5.41) is 13.7. The van der Waals surface area contributed by atoms with E-state index in [9.17, 15) is 4.79 Å². The number of halogens is 1. The lowest BCUT2D eigenvalue weighted by Crippen LogP contribution is -2.15. The van der Waals surface area contributed by atoms with Gasteiger partial charge >= 0.3 is 0 Å². The number of methoxy groups -OCH3 is 1. The highest BCUT2D eigenvalue weighted by atomic mass is 35.5. The summed E-state index contributed by atoms with van der Waals surface area (Å²) in [7, 11) is 1.58. The van der Waals surface area contributed by atoms with Crippen LogP contribution in [0.1, 0.15) is 0 Å². The minimum absolute atomic E-state index is 0.208. The van der Waals surface area contributed by atoms with Crippen LogP contribution in [0.5, 0.6) is 5.75 Å². The second-order valence-corrected chi connectivity index (χ2v) is 7.33. The van der Waals surface area contributed by atoms with Crippen LogP contribution in [-0.2, 0) is 0 Å². The Morgan fingerprint density at radius 1 is 0.938 bits per heavy atom. The number of rotatable bonds is 5. The predicted molar refractivity (Wildman–Crippen MR) is 121 cm³/mol. The van der Waals surface area contributed by atoms with Crippen LogP contribution in [0.15, 0.2) is 90.2 Å². The molecular weight excluding hydrogens is 428 g/mol. The smallest absolute Gasteiger partial charge is 0.209 e. The lowest BCUT2D eigenvalue weighted by molar-refractivity contribution is 0.411. The van der Waals surface area contributed by atoms with E-state index in [-0.39, 0.29) is 11.1 Å². The number of nitrogens with zero attached hydrogens (tertiary/aromatic N) is 6. The topological polar surface area (TPSA) is 79.8 Å². The fraction of sp³-hybridized carbons (Fsp3) is 0.0435. The number of benzene rings is 2. The molecule has 2 aromatic carbocycles. The van der Waals surface area contributed by atoms with Crippen molar-refractivity contribution in [2.24, 2.45) is 0 Å². The SMILES string of the molecule is COc1cc(-n2cc(Cl)cn2)ccc1-n1ccc(=O)c(-c2ccnn2-c2ccccc2)n1. The second-order valence-electron chi connectivity index (χ2n) is 6.90. The van der Waals surface area contributed by atoms with Crippen LogP contribution in [0.3, 0.4) is 0 Å². The zero-order valence-corrected chi connectivity index (χ0v) is 17.7. The third-order valence-corrected chi connectivity index (χ3v) is 5.12. The minimum Gasteiger partial charge on any atom is -0.494 e. The zero-order chi connectivity index (χ0) is 22.1. The summed E-state index contributed by atoms with van der Waals surface area (Å²) in [6.45, 7) is 0. The Balaban J connectivity index is 1.60. The lowest BCUT2D eigenvalue weighted by Gasteiger charge is -2.14. The van der Waals surface area contributed by atoms with E-state index in [2.05, 4.69) is 15.3 Å². The van der Waals surface area contributed by atoms with Crippen molar-refractivity contribution in [3.63, 3.8) is 0 Å². The predicted octanol–water partition coefficient (Wildman–Crippen LogP) is 3.93. The maximum Gasteiger partial charge on any atom is 0.209 e. The number of para-hydroxylation sites is 1. The number of aromatic nitrogens is 6. The first-order valence-electron chi connectivity index (χ1n) is 9.73. The fourth-order valence-corrected chi connectivity index (χ4v) is 3.55. The average molecular weight is 445 g/mol. The summed E-state index contributed by atoms with van der Waals surface area (Å²) in [4.78, 5) is 12.7. The van der Waals surface area contributed by atoms with E-state index < -0.39 is 0 Å². The van der Waals surface area contributed by atoms with Gasteiger partial charge in [-0.05, 0) is 30.3 Å². The number of hydrogen-bond acceptors (Lipinski definition) is 5. The van der Waals surface area contributed by atoms with Crippen molar-refractivity contribution >= 4 is 11.6 Å². The van der Waals surface area contributed by atoms with Crippen LogP contribution < -0.4 is 10.2 Å². The van der Waals surface area contributed by atoms with Crippen LogP contribution in [0.2, 0.25) is 5.02 Å². The first kappa shape index (κ1) is 19.8. The van der Waals surface area contributed by atoms with Crippen molar-refractivity contribution in [2.45, 2.75) is 0 Å². The highest BCUT2D eigenvalue weighted by Gasteiger charge is 2.15. The van der Waals surface area contributed by atoms with Gasteiger partial charge in [-0.2, -0.15) is 15.3 Å². The first-order valence-corrected chi connectivity index (χ1v) is 10.1. The molecule has 8 nitrogen and oxygen atoms in total. The molecule has 158 valence electrons. The molecule has 0 saturated heterocycles. The van der Waals surface area contributed by atoms with Gasteiger partial charge in [0.2, 0.25) is 5.43 Å². The molecule has 0 N–H and O–H groups in total. The van der Waals surface area contributed by atoms with Crippen molar-refractivity contribution < 1.29 is 4.74 Å². The van der Waals surface area contributed by atoms with Crippen molar-refractivity contribution in [3.05, 3.63) is 101 Å². The maximum absolute atomic E-state index is 12.7. The molecule has 0 amide bonds. The van der Waals surface area contributed by atoms with Crippen molar-refractivity contribution in [1.29, 1.82) is 0 Å². The molecule has 5 rings (SSSR count). The first-order chi connectivity index (χ1) is 15.6. The second kappa shape index (κ2) is 8.16. The molecule has 3 aromatic heterocycles. The van der Waals surface area contributed by atoms with Crippen LogP contribution in [0.4, 0.5) is 0 Å². The average Bonchev–Trinajstić information content (AvgIpc) is 3.49. The molecule has 0 spiro atoms. The Kier molecular flexibility index (Phi) is 5.04.